The molecule has 1 N–H and O–H groups in total. The van der Waals surface area contributed by atoms with E-state index >= 15 is 0 Å². The third-order valence-electron chi connectivity index (χ3n) is 3.18. The number of fused-ring (bicyclic) bond motifs is 1. The van der Waals surface area contributed by atoms with E-state index in [0.717, 1.165) is 5.56 Å². The van der Waals surface area contributed by atoms with Crippen molar-refractivity contribution in [1.29, 1.82) is 0 Å². The number of halogens is 4. The Morgan fingerprint density at radius 1 is 1.32 bits per heavy atom. The minimum Gasteiger partial charge on any atom is -0.467 e. The van der Waals surface area contributed by atoms with Crippen LogP contribution in [0.25, 0.3) is 0 Å². The van der Waals surface area contributed by atoms with Crippen LogP contribution in [-0.4, -0.2) is 42.7 Å². The number of benzene rings is 1. The highest BCUT2D eigenvalue weighted by atomic mass is 35.5. The van der Waals surface area contributed by atoms with E-state index in [0.29, 0.717) is 22.9 Å². The molecule has 0 aromatic heterocycles. The van der Waals surface area contributed by atoms with Gasteiger partial charge in [0.25, 0.3) is 0 Å². The molecular formula is C14H17ClF3NO3. The Bertz CT molecular complexity index is 511. The lowest BCUT2D eigenvalue weighted by molar-refractivity contribution is -0.147. The van der Waals surface area contributed by atoms with Crippen molar-refractivity contribution in [2.45, 2.75) is 25.7 Å². The summed E-state index contributed by atoms with van der Waals surface area (Å²) in [4.78, 5) is 1.22. The summed E-state index contributed by atoms with van der Waals surface area (Å²) in [5.74, 6) is 0.534. The van der Waals surface area contributed by atoms with Crippen LogP contribution < -0.4 is 4.74 Å². The molecule has 0 amide bonds. The highest BCUT2D eigenvalue weighted by molar-refractivity contribution is 6.30. The number of alkyl halides is 3. The zero-order valence-corrected chi connectivity index (χ0v) is 12.6. The fraction of sp³-hybridized carbons (Fsp3) is 0.571. The fourth-order valence-corrected chi connectivity index (χ4v) is 2.64. The van der Waals surface area contributed by atoms with E-state index in [4.69, 9.17) is 26.2 Å². The van der Waals surface area contributed by atoms with Gasteiger partial charge in [-0.05, 0) is 18.6 Å². The normalized spacial score (nSPS) is 14.8. The molecule has 0 atom stereocenters. The maximum absolute atomic E-state index is 12.7. The van der Waals surface area contributed by atoms with E-state index in [1.807, 2.05) is 0 Å². The summed E-state index contributed by atoms with van der Waals surface area (Å²) in [6.45, 7) is -0.649. The molecule has 124 valence electrons. The van der Waals surface area contributed by atoms with Crippen LogP contribution in [0.15, 0.2) is 12.1 Å². The lowest BCUT2D eigenvalue weighted by Gasteiger charge is -2.26. The molecule has 0 saturated heterocycles. The number of aliphatic hydroxyl groups excluding tert-OH is 1. The molecule has 0 unspecified atom stereocenters. The molecular weight excluding hydrogens is 323 g/mol. The zero-order valence-electron chi connectivity index (χ0n) is 11.8. The highest BCUT2D eigenvalue weighted by Crippen LogP contribution is 2.33. The summed E-state index contributed by atoms with van der Waals surface area (Å²) in [6, 6.07) is 3.29. The molecule has 0 fully saturated rings. The molecule has 1 aromatic rings. The van der Waals surface area contributed by atoms with Crippen LogP contribution in [0.1, 0.15) is 17.5 Å². The van der Waals surface area contributed by atoms with E-state index in [1.54, 1.807) is 12.1 Å². The van der Waals surface area contributed by atoms with Gasteiger partial charge in [-0.25, -0.2) is 0 Å². The van der Waals surface area contributed by atoms with Crippen molar-refractivity contribution in [3.63, 3.8) is 0 Å². The predicted octanol–water partition coefficient (Wildman–Crippen LogP) is 2.95. The molecule has 0 saturated carbocycles. The first-order valence-electron chi connectivity index (χ1n) is 6.81. The number of rotatable bonds is 6. The standard InChI is InChI=1S/C14H17ClF3NO3/c15-12-4-10(13-11(5-12)7-21-9-22-13)6-19(2-1-3-20)8-14(16,17)18/h4-5,20H,1-3,6-9H2. The number of aliphatic hydroxyl groups is 1. The number of ether oxygens (including phenoxy) is 2. The van der Waals surface area contributed by atoms with E-state index in [9.17, 15) is 13.2 Å². The molecule has 1 aromatic carbocycles. The second kappa shape index (κ2) is 7.50. The third-order valence-corrected chi connectivity index (χ3v) is 3.40. The quantitative estimate of drug-likeness (QED) is 0.865. The lowest BCUT2D eigenvalue weighted by Crippen LogP contribution is -2.35. The maximum atomic E-state index is 12.7. The fourth-order valence-electron chi connectivity index (χ4n) is 2.38. The van der Waals surface area contributed by atoms with Crippen LogP contribution in [0.2, 0.25) is 5.02 Å². The molecule has 2 rings (SSSR count). The van der Waals surface area contributed by atoms with Gasteiger partial charge in [0.05, 0.1) is 13.2 Å². The van der Waals surface area contributed by atoms with Gasteiger partial charge in [0.1, 0.15) is 5.75 Å². The Morgan fingerprint density at radius 2 is 2.09 bits per heavy atom. The van der Waals surface area contributed by atoms with Crippen molar-refractivity contribution >= 4 is 11.6 Å². The average Bonchev–Trinajstić information content (AvgIpc) is 2.43. The SMILES string of the molecule is OCCCN(Cc1cc(Cl)cc2c1OCOC2)CC(F)(F)F. The lowest BCUT2D eigenvalue weighted by atomic mass is 10.1. The van der Waals surface area contributed by atoms with Gasteiger partial charge in [-0.3, -0.25) is 4.90 Å². The summed E-state index contributed by atoms with van der Waals surface area (Å²) in [5.41, 5.74) is 1.32. The number of hydrogen-bond donors (Lipinski definition) is 1. The molecule has 1 aliphatic rings. The average molecular weight is 340 g/mol. The Morgan fingerprint density at radius 3 is 2.77 bits per heavy atom. The first-order chi connectivity index (χ1) is 10.4. The van der Waals surface area contributed by atoms with E-state index in [-0.39, 0.29) is 32.9 Å². The molecule has 1 aliphatic heterocycles. The van der Waals surface area contributed by atoms with Gasteiger partial charge < -0.3 is 14.6 Å². The van der Waals surface area contributed by atoms with E-state index in [1.165, 1.54) is 4.90 Å². The summed E-state index contributed by atoms with van der Waals surface area (Å²) < 4.78 is 48.6. The number of hydrogen-bond acceptors (Lipinski definition) is 4. The molecule has 0 bridgehead atoms. The smallest absolute Gasteiger partial charge is 0.401 e. The van der Waals surface area contributed by atoms with Crippen LogP contribution in [0.5, 0.6) is 5.75 Å². The van der Waals surface area contributed by atoms with Gasteiger partial charge in [0, 0.05) is 35.8 Å². The van der Waals surface area contributed by atoms with Crippen molar-refractivity contribution in [2.24, 2.45) is 0 Å². The second-order valence-corrected chi connectivity index (χ2v) is 5.50. The van der Waals surface area contributed by atoms with Crippen molar-refractivity contribution in [3.8, 4) is 5.75 Å². The second-order valence-electron chi connectivity index (χ2n) is 5.07. The van der Waals surface area contributed by atoms with Gasteiger partial charge >= 0.3 is 6.18 Å². The first-order valence-corrected chi connectivity index (χ1v) is 7.18. The Kier molecular flexibility index (Phi) is 5.91. The molecule has 8 heteroatoms. The molecule has 1 heterocycles. The highest BCUT2D eigenvalue weighted by Gasteiger charge is 2.31. The Hall–Kier alpha value is -1.02. The van der Waals surface area contributed by atoms with Gasteiger partial charge in [-0.15, -0.1) is 0 Å². The Labute approximate surface area is 131 Å². The zero-order chi connectivity index (χ0) is 16.2. The van der Waals surface area contributed by atoms with Crippen LogP contribution in [-0.2, 0) is 17.9 Å². The molecule has 0 radical (unpaired) electrons. The largest absolute Gasteiger partial charge is 0.467 e. The van der Waals surface area contributed by atoms with E-state index in [2.05, 4.69) is 0 Å². The number of nitrogens with zero attached hydrogens (tertiary/aromatic N) is 1. The van der Waals surface area contributed by atoms with Crippen LogP contribution in [0, 0.1) is 0 Å². The molecule has 22 heavy (non-hydrogen) atoms. The topological polar surface area (TPSA) is 41.9 Å². The van der Waals surface area contributed by atoms with Gasteiger partial charge in [0.15, 0.2) is 6.79 Å². The van der Waals surface area contributed by atoms with Crippen molar-refractivity contribution in [1.82, 2.24) is 4.90 Å². The first kappa shape index (κ1) is 17.3. The minimum atomic E-state index is -4.31. The van der Waals surface area contributed by atoms with Crippen molar-refractivity contribution in [2.75, 3.05) is 26.5 Å². The van der Waals surface area contributed by atoms with Crippen LogP contribution in [0.4, 0.5) is 13.2 Å². The van der Waals surface area contributed by atoms with Gasteiger partial charge in [-0.2, -0.15) is 13.2 Å². The van der Waals surface area contributed by atoms with Crippen molar-refractivity contribution < 1.29 is 27.8 Å². The Balaban J connectivity index is 2.19. The minimum absolute atomic E-state index is 0.0441. The monoisotopic (exact) mass is 339 g/mol. The summed E-state index contributed by atoms with van der Waals surface area (Å²) in [6.07, 6.45) is -4.04. The molecule has 4 nitrogen and oxygen atoms in total. The molecule has 0 spiro atoms. The summed E-state index contributed by atoms with van der Waals surface area (Å²) in [5, 5.41) is 9.27. The third kappa shape index (κ3) is 5.01. The maximum Gasteiger partial charge on any atom is 0.401 e. The van der Waals surface area contributed by atoms with Gasteiger partial charge in [-0.1, -0.05) is 11.6 Å². The summed E-state index contributed by atoms with van der Waals surface area (Å²) >= 11 is 6.01. The van der Waals surface area contributed by atoms with Crippen LogP contribution in [0.3, 0.4) is 0 Å². The predicted molar refractivity (Wildman–Crippen MR) is 74.8 cm³/mol. The summed E-state index contributed by atoms with van der Waals surface area (Å²) in [7, 11) is 0. The molecule has 0 aliphatic carbocycles. The van der Waals surface area contributed by atoms with Crippen LogP contribution >= 0.6 is 11.6 Å². The van der Waals surface area contributed by atoms with E-state index < -0.39 is 12.7 Å². The van der Waals surface area contributed by atoms with Gasteiger partial charge in [0.2, 0.25) is 0 Å². The van der Waals surface area contributed by atoms with Crippen molar-refractivity contribution in [3.05, 3.63) is 28.3 Å².